The first-order chi connectivity index (χ1) is 42.2. The number of hydrogen-bond acceptors (Lipinski definition) is 16. The van der Waals surface area contributed by atoms with E-state index in [-0.39, 0.29) is 91.1 Å². The molecule has 0 radical (unpaired) electrons. The fourth-order valence-corrected chi connectivity index (χ4v) is 11.6. The van der Waals surface area contributed by atoms with Gasteiger partial charge in [-0.05, 0) is 94.6 Å². The van der Waals surface area contributed by atoms with E-state index in [1.165, 1.54) is 11.8 Å². The molecule has 0 fully saturated rings. The minimum absolute atomic E-state index is 0.00152. The number of rotatable bonds is 37. The number of benzene rings is 2. The highest BCUT2D eigenvalue weighted by molar-refractivity contribution is 8.24. The molecule has 0 bridgehead atoms. The highest BCUT2D eigenvalue weighted by Crippen LogP contribution is 2.43. The van der Waals surface area contributed by atoms with Crippen LogP contribution in [-0.2, 0) is 33.6 Å². The Labute approximate surface area is 547 Å². The lowest BCUT2D eigenvalue weighted by Gasteiger charge is -2.35. The number of nitrogens with zero attached hydrogens (tertiary/aromatic N) is 5. The van der Waals surface area contributed by atoms with Crippen LogP contribution in [-0.4, -0.2) is 136 Å². The van der Waals surface area contributed by atoms with Gasteiger partial charge in [-0.1, -0.05) is 156 Å². The second kappa shape index (κ2) is 46.2. The average Bonchev–Trinajstić information content (AvgIpc) is 0.813. The van der Waals surface area contributed by atoms with Gasteiger partial charge in [-0.25, -0.2) is 6.57 Å². The number of nitriles is 1. The number of thioether (sulfide) groups is 2. The molecule has 0 aliphatic heterocycles. The Morgan fingerprint density at radius 1 is 0.733 bits per heavy atom. The summed E-state index contributed by atoms with van der Waals surface area (Å²) in [6.45, 7) is 33.6. The van der Waals surface area contributed by atoms with Gasteiger partial charge in [0.25, 0.3) is 0 Å². The van der Waals surface area contributed by atoms with Gasteiger partial charge in [0.1, 0.15) is 16.7 Å². The summed E-state index contributed by atoms with van der Waals surface area (Å²) in [5.41, 5.74) is 23.2. The van der Waals surface area contributed by atoms with Gasteiger partial charge in [-0.15, -0.1) is 0 Å². The number of carboxylic acid groups (broad SMARTS) is 2. The van der Waals surface area contributed by atoms with Crippen LogP contribution in [0.5, 0.6) is 0 Å². The summed E-state index contributed by atoms with van der Waals surface area (Å²) in [6.07, 6.45) is 6.38. The fraction of sp³-hybridized carbons (Fsp3) is 0.609. The van der Waals surface area contributed by atoms with Crippen LogP contribution in [0, 0.1) is 46.0 Å². The molecule has 2 aromatic rings. The Morgan fingerprint density at radius 3 is 1.72 bits per heavy atom. The van der Waals surface area contributed by atoms with E-state index in [1.807, 2.05) is 37.3 Å². The lowest BCUT2D eigenvalue weighted by atomic mass is 9.70. The summed E-state index contributed by atoms with van der Waals surface area (Å²) in [6, 6.07) is 20.2. The molecule has 23 nitrogen and oxygen atoms in total. The number of nitrogens with two attached hydrogens (primary N) is 3. The summed E-state index contributed by atoms with van der Waals surface area (Å²) in [5.74, 6) is -2.25. The van der Waals surface area contributed by atoms with E-state index >= 15 is 0 Å². The van der Waals surface area contributed by atoms with Crippen molar-refractivity contribution in [3.05, 3.63) is 106 Å². The minimum atomic E-state index is -1.28. The summed E-state index contributed by atoms with van der Waals surface area (Å²) < 4.78 is -0.185. The van der Waals surface area contributed by atoms with Crippen LogP contribution < -0.4 is 43.8 Å². The number of unbranched alkanes of at least 4 members (excludes halogenated alkanes) is 2. The van der Waals surface area contributed by atoms with Gasteiger partial charge in [0, 0.05) is 105 Å². The smallest absolute Gasteiger partial charge is 0.303 e. The molecule has 0 saturated heterocycles. The van der Waals surface area contributed by atoms with Gasteiger partial charge >= 0.3 is 11.9 Å². The van der Waals surface area contributed by atoms with E-state index in [9.17, 15) is 43.6 Å². The van der Waals surface area contributed by atoms with Crippen molar-refractivity contribution in [3.63, 3.8) is 0 Å². The Balaban J connectivity index is 0. The summed E-state index contributed by atoms with van der Waals surface area (Å²) >= 11 is 7.48. The molecule has 500 valence electrons. The van der Waals surface area contributed by atoms with Crippen LogP contribution in [0.3, 0.4) is 0 Å². The summed E-state index contributed by atoms with van der Waals surface area (Å²) in [5, 5.41) is 43.9. The first kappa shape index (κ1) is 85.2. The number of hydrogen-bond donors (Lipinski definition) is 10. The molecule has 0 heterocycles. The number of carbonyl (C=O) groups is 8. The quantitative estimate of drug-likeness (QED) is 0.00573. The van der Waals surface area contributed by atoms with Crippen LogP contribution in [0.15, 0.2) is 77.9 Å². The molecular formula is C64H101N13O10S3. The molecule has 0 saturated carbocycles. The van der Waals surface area contributed by atoms with E-state index in [0.717, 1.165) is 68.7 Å². The van der Waals surface area contributed by atoms with Crippen molar-refractivity contribution >= 4 is 86.5 Å². The number of aliphatic carboxylic acids is 2. The van der Waals surface area contributed by atoms with E-state index in [0.29, 0.717) is 60.5 Å². The summed E-state index contributed by atoms with van der Waals surface area (Å²) in [7, 11) is 0. The molecule has 5 amide bonds. The van der Waals surface area contributed by atoms with Crippen LogP contribution in [0.25, 0.3) is 15.3 Å². The molecule has 2 aromatic carbocycles. The Morgan fingerprint density at radius 2 is 1.24 bits per heavy atom. The molecule has 90 heavy (non-hydrogen) atoms. The number of amides is 5. The Hall–Kier alpha value is -6.90. The predicted molar refractivity (Wildman–Crippen MR) is 364 cm³/mol. The second-order valence-corrected chi connectivity index (χ2v) is 27.2. The molecule has 0 aliphatic rings. The van der Waals surface area contributed by atoms with Gasteiger partial charge in [0.15, 0.2) is 0 Å². The third kappa shape index (κ3) is 37.3. The van der Waals surface area contributed by atoms with E-state index in [4.69, 9.17) is 51.7 Å². The third-order valence-electron chi connectivity index (χ3n) is 13.9. The molecular weight excluding hydrogens is 1210 g/mol. The summed E-state index contributed by atoms with van der Waals surface area (Å²) in [4.78, 5) is 101. The lowest BCUT2D eigenvalue weighted by molar-refractivity contribution is -0.139. The first-order valence-electron chi connectivity index (χ1n) is 30.1. The second-order valence-electron chi connectivity index (χ2n) is 24.1. The van der Waals surface area contributed by atoms with Crippen molar-refractivity contribution in [3.8, 4) is 6.07 Å². The van der Waals surface area contributed by atoms with Crippen LogP contribution >= 0.6 is 35.7 Å². The predicted octanol–water partition coefficient (Wildman–Crippen LogP) is 9.11. The Kier molecular flexibility index (Phi) is 43.7. The van der Waals surface area contributed by atoms with Crippen molar-refractivity contribution in [1.29, 1.82) is 5.26 Å². The molecule has 0 aromatic heterocycles. The molecule has 2 rings (SSSR count). The molecule has 5 atom stereocenters. The van der Waals surface area contributed by atoms with Gasteiger partial charge in [-0.3, -0.25) is 38.4 Å². The average molecular weight is 1310 g/mol. The number of carbonyl (C=O) groups excluding carboxylic acids is 6. The number of nitrogens with one attached hydrogen (secondary N) is 5. The van der Waals surface area contributed by atoms with Crippen LogP contribution in [0.2, 0.25) is 0 Å². The zero-order chi connectivity index (χ0) is 69.0. The number of azide groups is 1. The topological polar surface area (TPSA) is 392 Å². The Bertz CT molecular complexity index is 2720. The number of carboxylic acids is 2. The monoisotopic (exact) mass is 1310 g/mol. The van der Waals surface area contributed by atoms with Crippen molar-refractivity contribution in [2.45, 2.75) is 157 Å². The maximum atomic E-state index is 12.9. The minimum Gasteiger partial charge on any atom is -0.481 e. The van der Waals surface area contributed by atoms with Crippen molar-refractivity contribution < 1.29 is 48.6 Å². The van der Waals surface area contributed by atoms with E-state index < -0.39 is 39.0 Å². The van der Waals surface area contributed by atoms with E-state index in [2.05, 4.69) is 88.7 Å². The lowest BCUT2D eigenvalue weighted by Crippen LogP contribution is -2.54. The maximum Gasteiger partial charge on any atom is 0.303 e. The number of thiocarbonyl (C=S) groups is 1. The van der Waals surface area contributed by atoms with Crippen molar-refractivity contribution in [1.82, 2.24) is 26.6 Å². The molecule has 0 aliphatic carbocycles. The largest absolute Gasteiger partial charge is 0.481 e. The van der Waals surface area contributed by atoms with Crippen LogP contribution in [0.4, 0.5) is 0 Å². The molecule has 26 heteroatoms. The highest BCUT2D eigenvalue weighted by Gasteiger charge is 2.56. The van der Waals surface area contributed by atoms with E-state index in [1.54, 1.807) is 58.0 Å². The van der Waals surface area contributed by atoms with Crippen LogP contribution in [0.1, 0.15) is 162 Å². The van der Waals surface area contributed by atoms with Gasteiger partial charge in [0.05, 0.1) is 16.7 Å². The van der Waals surface area contributed by atoms with Gasteiger partial charge in [-0.2, -0.15) is 5.26 Å². The maximum absolute atomic E-state index is 12.9. The molecule has 13 N–H and O–H groups in total. The third-order valence-corrected chi connectivity index (χ3v) is 16.8. The molecule has 5 unspecified atom stereocenters. The zero-order valence-electron chi connectivity index (χ0n) is 54.5. The zero-order valence-corrected chi connectivity index (χ0v) is 57.0. The SMILES string of the molecule is C=C(C)C(=O)NCCN.CC(C#N)(CCC(=O)O)SC(=S)c1ccccc1.CC(C)CC(CCCC(C)(CC(C)(C)C)C(=O)NCCN)C(=O)NCCCCCNC(=O)CN=[N+]=[N-].[C-]#[N+]C(C)(CCC(=O)O)C(C)(CSC(=O)c1ccccc1)C(=O)NCCN. The fourth-order valence-electron chi connectivity index (χ4n) is 8.85. The standard InChI is InChI=1S/C26H51N7O3.C19H25N3O4S.C13H13NO2S2.C6H12N2O/c1-20(2)17-21(23(35)30-15-9-7-8-14-29-22(34)18-32-33-28)11-10-12-26(6,19-25(3,4)5)24(36)31-16-13-27;1-18(17(26)22-12-11-20,19(2,21-3)10-9-15(23)24)13-27-16(25)14-7-5-4-6-8-14;1-13(9-14,8-7-11(15)16)18-12(17)10-5-3-2-4-6-10;1-5(2)6(9)8-4-3-7/h20-21H,7-19,27H2,1-6H3,(H,29,34)(H,30,35)(H,31,36);4-8H,9-13,20H2,1-2H3,(H,22,26)(H,23,24);2-6H,7-8H2,1H3,(H,15,16);1,3-4,7H2,2H3,(H,8,9). The molecule has 0 spiro atoms. The van der Waals surface area contributed by atoms with Crippen molar-refractivity contribution in [2.24, 2.45) is 50.4 Å². The van der Waals surface area contributed by atoms with Crippen molar-refractivity contribution in [2.75, 3.05) is 64.7 Å². The first-order valence-corrected chi connectivity index (χ1v) is 32.3. The normalized spacial score (nSPS) is 13.6. The van der Waals surface area contributed by atoms with Gasteiger partial charge < -0.3 is 58.8 Å². The van der Waals surface area contributed by atoms with Gasteiger partial charge in [0.2, 0.25) is 40.2 Å². The highest BCUT2D eigenvalue weighted by atomic mass is 32.2.